The highest BCUT2D eigenvalue weighted by Crippen LogP contribution is 2.19. The number of benzene rings is 1. The molecule has 0 unspecified atom stereocenters. The van der Waals surface area contributed by atoms with Crippen molar-refractivity contribution >= 4 is 23.6 Å². The van der Waals surface area contributed by atoms with Crippen molar-refractivity contribution in [1.29, 1.82) is 0 Å². The first-order valence-electron chi connectivity index (χ1n) is 8.32. The molecule has 0 saturated carbocycles. The Hall–Kier alpha value is -1.49. The molecular formula is C18H26N2O2S. The summed E-state index contributed by atoms with van der Waals surface area (Å²) in [6.45, 7) is 5.93. The first-order valence-corrected chi connectivity index (χ1v) is 9.31. The largest absolute Gasteiger partial charge is 0.355 e. The van der Waals surface area contributed by atoms with Crippen LogP contribution in [0.5, 0.6) is 0 Å². The SMILES string of the molecule is CC(C)C(=O)N1CCC(C(=O)NCCSc2ccccc2)CC1. The number of nitrogens with one attached hydrogen (secondary N) is 1. The molecule has 1 saturated heterocycles. The fourth-order valence-corrected chi connectivity index (χ4v) is 3.52. The van der Waals surface area contributed by atoms with Crippen LogP contribution in [0.4, 0.5) is 0 Å². The Labute approximate surface area is 143 Å². The third kappa shape index (κ3) is 5.57. The predicted molar refractivity (Wildman–Crippen MR) is 94.3 cm³/mol. The first kappa shape index (κ1) is 17.9. The molecule has 0 bridgehead atoms. The molecule has 0 aromatic heterocycles. The molecule has 23 heavy (non-hydrogen) atoms. The van der Waals surface area contributed by atoms with Crippen LogP contribution in [0.25, 0.3) is 0 Å². The molecule has 1 aliphatic heterocycles. The number of likely N-dealkylation sites (tertiary alicyclic amines) is 1. The molecule has 4 nitrogen and oxygen atoms in total. The minimum Gasteiger partial charge on any atom is -0.355 e. The van der Waals surface area contributed by atoms with Gasteiger partial charge in [-0.05, 0) is 25.0 Å². The maximum atomic E-state index is 12.2. The van der Waals surface area contributed by atoms with Crippen LogP contribution in [0, 0.1) is 11.8 Å². The van der Waals surface area contributed by atoms with Crippen molar-refractivity contribution in [3.05, 3.63) is 30.3 Å². The van der Waals surface area contributed by atoms with Crippen molar-refractivity contribution in [2.45, 2.75) is 31.6 Å². The summed E-state index contributed by atoms with van der Waals surface area (Å²) in [5.41, 5.74) is 0. The van der Waals surface area contributed by atoms with E-state index in [4.69, 9.17) is 0 Å². The molecule has 0 atom stereocenters. The van der Waals surface area contributed by atoms with Crippen LogP contribution in [0.3, 0.4) is 0 Å². The lowest BCUT2D eigenvalue weighted by Gasteiger charge is -2.32. The molecule has 1 aromatic rings. The number of carbonyl (C=O) groups is 2. The number of piperidine rings is 1. The van der Waals surface area contributed by atoms with Crippen molar-refractivity contribution in [3.63, 3.8) is 0 Å². The van der Waals surface area contributed by atoms with Gasteiger partial charge in [0.05, 0.1) is 0 Å². The Morgan fingerprint density at radius 1 is 1.22 bits per heavy atom. The van der Waals surface area contributed by atoms with Gasteiger partial charge in [-0.1, -0.05) is 32.0 Å². The summed E-state index contributed by atoms with van der Waals surface area (Å²) in [5, 5.41) is 3.03. The average molecular weight is 334 g/mol. The highest BCUT2D eigenvalue weighted by molar-refractivity contribution is 7.99. The van der Waals surface area contributed by atoms with Crippen molar-refractivity contribution in [2.24, 2.45) is 11.8 Å². The van der Waals surface area contributed by atoms with Gasteiger partial charge >= 0.3 is 0 Å². The van der Waals surface area contributed by atoms with E-state index in [2.05, 4.69) is 17.4 Å². The van der Waals surface area contributed by atoms with Crippen molar-refractivity contribution in [2.75, 3.05) is 25.4 Å². The monoisotopic (exact) mass is 334 g/mol. The predicted octanol–water partition coefficient (Wildman–Crippen LogP) is 2.79. The van der Waals surface area contributed by atoms with Crippen LogP contribution in [0.15, 0.2) is 35.2 Å². The summed E-state index contributed by atoms with van der Waals surface area (Å²) >= 11 is 1.75. The average Bonchev–Trinajstić information content (AvgIpc) is 2.59. The van der Waals surface area contributed by atoms with Gasteiger partial charge in [0.1, 0.15) is 0 Å². The van der Waals surface area contributed by atoms with Gasteiger partial charge in [0.25, 0.3) is 0 Å². The first-order chi connectivity index (χ1) is 11.1. The van der Waals surface area contributed by atoms with E-state index in [1.807, 2.05) is 36.9 Å². The molecule has 1 fully saturated rings. The quantitative estimate of drug-likeness (QED) is 0.643. The molecule has 0 aliphatic carbocycles. The number of nitrogens with zero attached hydrogens (tertiary/aromatic N) is 1. The molecule has 1 heterocycles. The molecule has 1 N–H and O–H groups in total. The van der Waals surface area contributed by atoms with Crippen LogP contribution < -0.4 is 5.32 Å². The minimum absolute atomic E-state index is 0.0374. The molecule has 1 aliphatic rings. The van der Waals surface area contributed by atoms with E-state index in [9.17, 15) is 9.59 Å². The summed E-state index contributed by atoms with van der Waals surface area (Å²) in [6, 6.07) is 10.2. The van der Waals surface area contributed by atoms with Gasteiger partial charge in [-0.15, -0.1) is 11.8 Å². The second-order valence-electron chi connectivity index (χ2n) is 6.21. The fourth-order valence-electron chi connectivity index (χ4n) is 2.73. The lowest BCUT2D eigenvalue weighted by atomic mass is 9.95. The number of rotatable bonds is 6. The van der Waals surface area contributed by atoms with Crippen LogP contribution in [-0.4, -0.2) is 42.1 Å². The van der Waals surface area contributed by atoms with E-state index >= 15 is 0 Å². The summed E-state index contributed by atoms with van der Waals surface area (Å²) in [5.74, 6) is 1.29. The highest BCUT2D eigenvalue weighted by Gasteiger charge is 2.27. The normalized spacial score (nSPS) is 15.7. The van der Waals surface area contributed by atoms with Crippen molar-refractivity contribution in [1.82, 2.24) is 10.2 Å². The van der Waals surface area contributed by atoms with Gasteiger partial charge in [0, 0.05) is 42.1 Å². The maximum Gasteiger partial charge on any atom is 0.225 e. The minimum atomic E-state index is 0.0374. The Morgan fingerprint density at radius 3 is 2.48 bits per heavy atom. The molecule has 126 valence electrons. The summed E-state index contributed by atoms with van der Waals surface area (Å²) in [6.07, 6.45) is 1.55. The van der Waals surface area contributed by atoms with Gasteiger partial charge in [-0.25, -0.2) is 0 Å². The van der Waals surface area contributed by atoms with Gasteiger partial charge in [0.15, 0.2) is 0 Å². The molecule has 2 rings (SSSR count). The summed E-state index contributed by atoms with van der Waals surface area (Å²) < 4.78 is 0. The Kier molecular flexibility index (Phi) is 6.96. The van der Waals surface area contributed by atoms with Gasteiger partial charge < -0.3 is 10.2 Å². The Bertz CT molecular complexity index is 511. The van der Waals surface area contributed by atoms with E-state index in [0.717, 1.165) is 18.6 Å². The molecule has 2 amide bonds. The molecule has 0 spiro atoms. The van der Waals surface area contributed by atoms with Crippen LogP contribution in [0.2, 0.25) is 0 Å². The number of hydrogen-bond acceptors (Lipinski definition) is 3. The van der Waals surface area contributed by atoms with Crippen molar-refractivity contribution in [3.8, 4) is 0 Å². The lowest BCUT2D eigenvalue weighted by molar-refractivity contribution is -0.138. The van der Waals surface area contributed by atoms with Crippen LogP contribution >= 0.6 is 11.8 Å². The fraction of sp³-hybridized carbons (Fsp3) is 0.556. The van der Waals surface area contributed by atoms with E-state index in [1.54, 1.807) is 11.8 Å². The second-order valence-corrected chi connectivity index (χ2v) is 7.38. The summed E-state index contributed by atoms with van der Waals surface area (Å²) in [7, 11) is 0. The zero-order valence-electron chi connectivity index (χ0n) is 14.0. The van der Waals surface area contributed by atoms with Crippen LogP contribution in [-0.2, 0) is 9.59 Å². The van der Waals surface area contributed by atoms with Gasteiger partial charge in [-0.2, -0.15) is 0 Å². The molecule has 1 aromatic carbocycles. The number of amides is 2. The lowest BCUT2D eigenvalue weighted by Crippen LogP contribution is -2.44. The second kappa shape index (κ2) is 8.96. The molecule has 5 heteroatoms. The Balaban J connectivity index is 1.64. The number of carbonyl (C=O) groups excluding carboxylic acids is 2. The zero-order chi connectivity index (χ0) is 16.7. The van der Waals surface area contributed by atoms with E-state index in [-0.39, 0.29) is 23.7 Å². The topological polar surface area (TPSA) is 49.4 Å². The summed E-state index contributed by atoms with van der Waals surface area (Å²) in [4.78, 5) is 27.3. The van der Waals surface area contributed by atoms with Gasteiger partial charge in [-0.3, -0.25) is 9.59 Å². The zero-order valence-corrected chi connectivity index (χ0v) is 14.8. The number of thioether (sulfide) groups is 1. The third-order valence-electron chi connectivity index (χ3n) is 4.08. The van der Waals surface area contributed by atoms with Crippen LogP contribution in [0.1, 0.15) is 26.7 Å². The van der Waals surface area contributed by atoms with Gasteiger partial charge in [0.2, 0.25) is 11.8 Å². The third-order valence-corrected chi connectivity index (χ3v) is 5.10. The van der Waals surface area contributed by atoms with E-state index in [0.29, 0.717) is 19.6 Å². The van der Waals surface area contributed by atoms with E-state index in [1.165, 1.54) is 4.90 Å². The standard InChI is InChI=1S/C18H26N2O2S/c1-14(2)18(22)20-11-8-15(9-12-20)17(21)19-10-13-23-16-6-4-3-5-7-16/h3-7,14-15H,8-13H2,1-2H3,(H,19,21). The highest BCUT2D eigenvalue weighted by atomic mass is 32.2. The molecular weight excluding hydrogens is 308 g/mol. The van der Waals surface area contributed by atoms with E-state index < -0.39 is 0 Å². The maximum absolute atomic E-state index is 12.2. The smallest absolute Gasteiger partial charge is 0.225 e. The number of hydrogen-bond donors (Lipinski definition) is 1. The Morgan fingerprint density at radius 2 is 1.87 bits per heavy atom. The molecule has 0 radical (unpaired) electrons. The van der Waals surface area contributed by atoms with Crippen molar-refractivity contribution < 1.29 is 9.59 Å².